The van der Waals surface area contributed by atoms with Crippen LogP contribution >= 0.6 is 31.9 Å². The van der Waals surface area contributed by atoms with Crippen molar-refractivity contribution in [1.82, 2.24) is 5.16 Å². The van der Waals surface area contributed by atoms with Crippen LogP contribution in [0, 0.1) is 6.92 Å². The second kappa shape index (κ2) is 5.66. The molecule has 0 aliphatic heterocycles. The predicted octanol–water partition coefficient (Wildman–Crippen LogP) is 5.42. The number of hydrogen-bond donors (Lipinski definition) is 1. The van der Waals surface area contributed by atoms with Gasteiger partial charge in [0.25, 0.3) is 0 Å². The Bertz CT molecular complexity index is 795. The first-order chi connectivity index (χ1) is 10.1. The lowest BCUT2D eigenvalue weighted by atomic mass is 10.0. The van der Waals surface area contributed by atoms with Crippen LogP contribution < -0.4 is 5.73 Å². The lowest BCUT2D eigenvalue weighted by molar-refractivity contribution is 0.436. The summed E-state index contributed by atoms with van der Waals surface area (Å²) in [6.07, 6.45) is 0. The molecule has 0 fully saturated rings. The number of hydrogen-bond acceptors (Lipinski definition) is 3. The second-order valence-electron chi connectivity index (χ2n) is 4.76. The van der Waals surface area contributed by atoms with E-state index in [1.54, 1.807) is 0 Å². The van der Waals surface area contributed by atoms with Crippen molar-refractivity contribution in [2.75, 3.05) is 5.73 Å². The lowest BCUT2D eigenvalue weighted by Gasteiger charge is -2.06. The summed E-state index contributed by atoms with van der Waals surface area (Å²) in [6.45, 7) is 2.05. The Labute approximate surface area is 139 Å². The average molecular weight is 408 g/mol. The van der Waals surface area contributed by atoms with E-state index in [-0.39, 0.29) is 0 Å². The quantitative estimate of drug-likeness (QED) is 0.616. The highest BCUT2D eigenvalue weighted by molar-refractivity contribution is 9.11. The molecule has 0 saturated carbocycles. The summed E-state index contributed by atoms with van der Waals surface area (Å²) in [4.78, 5) is 0. The summed E-state index contributed by atoms with van der Waals surface area (Å²) < 4.78 is 7.37. The van der Waals surface area contributed by atoms with Gasteiger partial charge in [-0.15, -0.1) is 0 Å². The van der Waals surface area contributed by atoms with Crippen LogP contribution in [-0.4, -0.2) is 5.16 Å². The summed E-state index contributed by atoms with van der Waals surface area (Å²) in [5, 5.41) is 3.93. The van der Waals surface area contributed by atoms with Gasteiger partial charge in [0.15, 0.2) is 11.6 Å². The Morgan fingerprint density at radius 3 is 2.43 bits per heavy atom. The van der Waals surface area contributed by atoms with Gasteiger partial charge in [0.1, 0.15) is 0 Å². The minimum Gasteiger partial charge on any atom is -0.380 e. The normalized spacial score (nSPS) is 10.8. The molecule has 1 aromatic heterocycles. The van der Waals surface area contributed by atoms with Crippen molar-refractivity contribution in [3.8, 4) is 22.5 Å². The van der Waals surface area contributed by atoms with Crippen LogP contribution in [0.4, 0.5) is 5.82 Å². The minimum absolute atomic E-state index is 0.392. The molecule has 1 heterocycles. The molecule has 0 atom stereocenters. The highest BCUT2D eigenvalue weighted by atomic mass is 79.9. The Balaban J connectivity index is 2.19. The molecule has 3 aromatic rings. The van der Waals surface area contributed by atoms with Gasteiger partial charge in [-0.3, -0.25) is 0 Å². The van der Waals surface area contributed by atoms with Crippen molar-refractivity contribution in [2.24, 2.45) is 0 Å². The van der Waals surface area contributed by atoms with Crippen molar-refractivity contribution in [3.63, 3.8) is 0 Å². The number of nitrogens with two attached hydrogens (primary N) is 1. The summed E-state index contributed by atoms with van der Waals surface area (Å²) in [5.74, 6) is 1.05. The highest BCUT2D eigenvalue weighted by Gasteiger charge is 2.19. The molecule has 3 nitrogen and oxygen atoms in total. The Hall–Kier alpha value is -1.59. The van der Waals surface area contributed by atoms with Gasteiger partial charge in [0.05, 0.1) is 5.56 Å². The van der Waals surface area contributed by atoms with E-state index in [1.807, 2.05) is 49.4 Å². The molecular formula is C16H12Br2N2O. The first kappa shape index (κ1) is 14.4. The number of aryl methyl sites for hydroxylation is 1. The number of benzene rings is 2. The standard InChI is InChI=1S/C16H12Br2N2O/c1-9-2-4-10(5-3-9)14-15(21-20-16(14)19)12-7-6-11(17)8-13(12)18/h2-8H,1H3,(H2,19,20). The fourth-order valence-electron chi connectivity index (χ4n) is 2.16. The number of halogens is 2. The maximum atomic E-state index is 6.00. The maximum absolute atomic E-state index is 6.00. The van der Waals surface area contributed by atoms with Crippen LogP contribution in [0.15, 0.2) is 55.9 Å². The van der Waals surface area contributed by atoms with E-state index < -0.39 is 0 Å². The molecule has 0 saturated heterocycles. The smallest absolute Gasteiger partial charge is 0.178 e. The molecular weight excluding hydrogens is 396 g/mol. The van der Waals surface area contributed by atoms with Crippen molar-refractivity contribution in [2.45, 2.75) is 6.92 Å². The Morgan fingerprint density at radius 1 is 1.05 bits per heavy atom. The van der Waals surface area contributed by atoms with Crippen molar-refractivity contribution < 1.29 is 4.52 Å². The van der Waals surface area contributed by atoms with E-state index in [9.17, 15) is 0 Å². The molecule has 0 aliphatic rings. The van der Waals surface area contributed by atoms with Crippen LogP contribution in [-0.2, 0) is 0 Å². The van der Waals surface area contributed by atoms with Crippen LogP contribution in [0.3, 0.4) is 0 Å². The largest absolute Gasteiger partial charge is 0.380 e. The van der Waals surface area contributed by atoms with Gasteiger partial charge in [-0.25, -0.2) is 0 Å². The average Bonchev–Trinajstić information content (AvgIpc) is 2.82. The lowest BCUT2D eigenvalue weighted by Crippen LogP contribution is -1.89. The van der Waals surface area contributed by atoms with E-state index in [0.29, 0.717) is 11.6 Å². The van der Waals surface area contributed by atoms with Crippen molar-refractivity contribution in [3.05, 3.63) is 57.0 Å². The van der Waals surface area contributed by atoms with Gasteiger partial charge in [0, 0.05) is 14.5 Å². The molecule has 0 spiro atoms. The van der Waals surface area contributed by atoms with E-state index in [4.69, 9.17) is 10.3 Å². The molecule has 0 amide bonds. The van der Waals surface area contributed by atoms with Crippen molar-refractivity contribution >= 4 is 37.7 Å². The summed E-state index contributed by atoms with van der Waals surface area (Å²) in [5.41, 5.74) is 9.92. The van der Waals surface area contributed by atoms with Crippen LogP contribution in [0.1, 0.15) is 5.56 Å². The number of aromatic nitrogens is 1. The molecule has 3 rings (SSSR count). The molecule has 0 bridgehead atoms. The molecule has 0 aliphatic carbocycles. The van der Waals surface area contributed by atoms with Crippen LogP contribution in [0.5, 0.6) is 0 Å². The Kier molecular flexibility index (Phi) is 3.87. The van der Waals surface area contributed by atoms with Crippen LogP contribution in [0.2, 0.25) is 0 Å². The number of nitrogens with zero attached hydrogens (tertiary/aromatic N) is 1. The molecule has 2 aromatic carbocycles. The first-order valence-electron chi connectivity index (χ1n) is 6.34. The monoisotopic (exact) mass is 406 g/mol. The van der Waals surface area contributed by atoms with Gasteiger partial charge >= 0.3 is 0 Å². The molecule has 0 radical (unpaired) electrons. The summed E-state index contributed by atoms with van der Waals surface area (Å²) in [7, 11) is 0. The minimum atomic E-state index is 0.392. The molecule has 106 valence electrons. The summed E-state index contributed by atoms with van der Waals surface area (Å²) >= 11 is 7.00. The molecule has 21 heavy (non-hydrogen) atoms. The van der Waals surface area contributed by atoms with E-state index in [0.717, 1.165) is 25.6 Å². The van der Waals surface area contributed by atoms with E-state index >= 15 is 0 Å². The zero-order valence-electron chi connectivity index (χ0n) is 11.2. The second-order valence-corrected chi connectivity index (χ2v) is 6.53. The van der Waals surface area contributed by atoms with Gasteiger partial charge in [0.2, 0.25) is 0 Å². The zero-order chi connectivity index (χ0) is 15.0. The maximum Gasteiger partial charge on any atom is 0.178 e. The molecule has 5 heteroatoms. The van der Waals surface area contributed by atoms with Crippen LogP contribution in [0.25, 0.3) is 22.5 Å². The summed E-state index contributed by atoms with van der Waals surface area (Å²) in [6, 6.07) is 14.0. The SMILES string of the molecule is Cc1ccc(-c2c(N)noc2-c2ccc(Br)cc2Br)cc1. The molecule has 0 unspecified atom stereocenters. The number of nitrogen functional groups attached to an aromatic ring is 1. The predicted molar refractivity (Wildman–Crippen MR) is 91.9 cm³/mol. The first-order valence-corrected chi connectivity index (χ1v) is 7.92. The topological polar surface area (TPSA) is 52.0 Å². The third kappa shape index (κ3) is 2.76. The fourth-order valence-corrected chi connectivity index (χ4v) is 3.39. The molecule has 2 N–H and O–H groups in total. The van der Waals surface area contributed by atoms with Gasteiger partial charge < -0.3 is 10.3 Å². The van der Waals surface area contributed by atoms with Gasteiger partial charge in [-0.1, -0.05) is 50.9 Å². The van der Waals surface area contributed by atoms with Gasteiger partial charge in [-0.2, -0.15) is 0 Å². The fraction of sp³-hybridized carbons (Fsp3) is 0.0625. The zero-order valence-corrected chi connectivity index (χ0v) is 14.4. The highest BCUT2D eigenvalue weighted by Crippen LogP contribution is 2.40. The third-order valence-electron chi connectivity index (χ3n) is 3.23. The number of anilines is 1. The Morgan fingerprint density at radius 2 is 1.76 bits per heavy atom. The van der Waals surface area contributed by atoms with E-state index in [2.05, 4.69) is 37.0 Å². The van der Waals surface area contributed by atoms with Gasteiger partial charge in [-0.05, 0) is 46.6 Å². The number of rotatable bonds is 2. The van der Waals surface area contributed by atoms with Crippen molar-refractivity contribution in [1.29, 1.82) is 0 Å². The van der Waals surface area contributed by atoms with E-state index in [1.165, 1.54) is 5.56 Å². The third-order valence-corrected chi connectivity index (χ3v) is 4.38.